The van der Waals surface area contributed by atoms with Crippen LogP contribution in [0.4, 0.5) is 13.2 Å². The number of hydrogen-bond acceptors (Lipinski definition) is 10. The normalized spacial score (nSPS) is 21.9. The van der Waals surface area contributed by atoms with Crippen LogP contribution >= 0.6 is 0 Å². The monoisotopic (exact) mass is 568 g/mol. The minimum Gasteiger partial charge on any atom is -0.479 e. The molecule has 16 heteroatoms. The fourth-order valence-corrected chi connectivity index (χ4v) is 4.00. The minimum absolute atomic E-state index is 0.0111. The topological polar surface area (TPSA) is 182 Å². The molecule has 1 aliphatic rings. The number of aliphatic hydroxyl groups excluding tert-OH is 2. The number of rotatable bonds is 8. The number of alkyl halides is 3. The van der Waals surface area contributed by atoms with E-state index in [2.05, 4.69) is 20.4 Å². The van der Waals surface area contributed by atoms with Gasteiger partial charge in [0.2, 0.25) is 12.2 Å². The van der Waals surface area contributed by atoms with Crippen molar-refractivity contribution in [3.8, 4) is 11.5 Å². The third-order valence-electron chi connectivity index (χ3n) is 5.94. The van der Waals surface area contributed by atoms with E-state index in [9.17, 15) is 42.9 Å². The zero-order valence-corrected chi connectivity index (χ0v) is 20.6. The fourth-order valence-electron chi connectivity index (χ4n) is 4.00. The van der Waals surface area contributed by atoms with Crippen molar-refractivity contribution in [3.63, 3.8) is 0 Å². The summed E-state index contributed by atoms with van der Waals surface area (Å²) < 4.78 is 52.5. The lowest BCUT2D eigenvalue weighted by Gasteiger charge is -2.34. The number of aliphatic hydroxyl groups is 2. The minimum atomic E-state index is -4.83. The Morgan fingerprint density at radius 2 is 1.90 bits per heavy atom. The highest BCUT2D eigenvalue weighted by atomic mass is 19.4. The van der Waals surface area contributed by atoms with E-state index >= 15 is 0 Å². The van der Waals surface area contributed by atoms with E-state index in [0.717, 1.165) is 16.8 Å². The van der Waals surface area contributed by atoms with Gasteiger partial charge in [0.05, 0.1) is 17.5 Å². The number of aromatic nitrogens is 3. The molecule has 0 radical (unpaired) electrons. The number of halogens is 3. The van der Waals surface area contributed by atoms with Gasteiger partial charge in [0.1, 0.15) is 23.9 Å². The SMILES string of the molecule is C[C@H](NC(=O)Cn1nnc2c(O[C@H]3C[C@@H](O)[C@H](O)[C@@H](C(=O)O)O3)cccc2c1=O)c1ccc(OC(F)(F)F)cc1. The Morgan fingerprint density at radius 3 is 2.55 bits per heavy atom. The summed E-state index contributed by atoms with van der Waals surface area (Å²) in [5.41, 5.74) is -0.237. The van der Waals surface area contributed by atoms with Crippen molar-refractivity contribution in [3.05, 3.63) is 58.4 Å². The van der Waals surface area contributed by atoms with E-state index in [1.165, 1.54) is 30.3 Å². The zero-order valence-electron chi connectivity index (χ0n) is 20.6. The van der Waals surface area contributed by atoms with Gasteiger partial charge < -0.3 is 34.8 Å². The van der Waals surface area contributed by atoms with Gasteiger partial charge >= 0.3 is 12.3 Å². The maximum atomic E-state index is 13.0. The lowest BCUT2D eigenvalue weighted by atomic mass is 10.0. The molecule has 1 aliphatic heterocycles. The number of carboxylic acid groups (broad SMARTS) is 1. The van der Waals surface area contributed by atoms with E-state index in [1.54, 1.807) is 6.92 Å². The zero-order chi connectivity index (χ0) is 29.2. The van der Waals surface area contributed by atoms with E-state index in [0.29, 0.717) is 5.56 Å². The van der Waals surface area contributed by atoms with Gasteiger partial charge in [-0.3, -0.25) is 9.59 Å². The molecule has 5 atom stereocenters. The second kappa shape index (κ2) is 11.4. The number of aliphatic carboxylic acids is 1. The molecule has 1 amide bonds. The lowest BCUT2D eigenvalue weighted by molar-refractivity contribution is -0.274. The number of carbonyl (C=O) groups is 2. The third kappa shape index (κ3) is 6.64. The number of fused-ring (bicyclic) bond motifs is 1. The highest BCUT2D eigenvalue weighted by Crippen LogP contribution is 2.28. The number of amides is 1. The summed E-state index contributed by atoms with van der Waals surface area (Å²) >= 11 is 0. The van der Waals surface area contributed by atoms with E-state index in [-0.39, 0.29) is 23.1 Å². The molecule has 1 aromatic heterocycles. The van der Waals surface area contributed by atoms with Crippen molar-refractivity contribution in [2.45, 2.75) is 56.9 Å². The summed E-state index contributed by atoms with van der Waals surface area (Å²) in [6.45, 7) is 1.07. The second-order valence-electron chi connectivity index (χ2n) is 8.85. The summed E-state index contributed by atoms with van der Waals surface area (Å²) in [4.78, 5) is 36.9. The molecule has 0 spiro atoms. The van der Waals surface area contributed by atoms with Crippen LogP contribution in [0.2, 0.25) is 0 Å². The first-order chi connectivity index (χ1) is 18.8. The third-order valence-corrected chi connectivity index (χ3v) is 5.94. The summed E-state index contributed by atoms with van der Waals surface area (Å²) in [5.74, 6) is -2.56. The fraction of sp³-hybridized carbons (Fsp3) is 0.375. The van der Waals surface area contributed by atoms with Crippen molar-refractivity contribution in [2.75, 3.05) is 0 Å². The Labute approximate surface area is 222 Å². The summed E-state index contributed by atoms with van der Waals surface area (Å²) in [5, 5.41) is 39.3. The van der Waals surface area contributed by atoms with Crippen LogP contribution in [-0.2, 0) is 20.9 Å². The summed E-state index contributed by atoms with van der Waals surface area (Å²) in [6.07, 6.45) is -11.2. The predicted octanol–water partition coefficient (Wildman–Crippen LogP) is 0.868. The standard InChI is InChI=1S/C24H23F3N4O9/c1-11(12-5-7-13(8-6-12)40-24(25,26)27)28-17(33)10-31-22(35)14-3-2-4-16(19(14)29-30-31)38-18-9-15(32)20(34)21(39-18)23(36)37/h2-8,11,15,18,20-21,32,34H,9-10H2,1H3,(H,28,33)(H,36,37)/t11-,15+,18+,20-,21-/m0/s1. The Morgan fingerprint density at radius 1 is 1.20 bits per heavy atom. The smallest absolute Gasteiger partial charge is 0.479 e. The molecule has 2 aromatic carbocycles. The molecule has 0 aliphatic carbocycles. The van der Waals surface area contributed by atoms with Gasteiger partial charge in [-0.1, -0.05) is 23.4 Å². The number of nitrogens with one attached hydrogen (secondary N) is 1. The molecule has 4 rings (SSSR count). The largest absolute Gasteiger partial charge is 0.573 e. The molecule has 13 nitrogen and oxygen atoms in total. The van der Waals surface area contributed by atoms with Crippen molar-refractivity contribution in [1.29, 1.82) is 0 Å². The number of carbonyl (C=O) groups excluding carboxylic acids is 1. The Bertz CT molecular complexity index is 1450. The van der Waals surface area contributed by atoms with Gasteiger partial charge in [-0.2, -0.15) is 0 Å². The Hall–Kier alpha value is -4.28. The second-order valence-corrected chi connectivity index (χ2v) is 8.85. The van der Waals surface area contributed by atoms with Crippen LogP contribution in [-0.4, -0.2) is 73.2 Å². The average molecular weight is 568 g/mol. The van der Waals surface area contributed by atoms with E-state index in [1.807, 2.05) is 0 Å². The lowest BCUT2D eigenvalue weighted by Crippen LogP contribution is -2.53. The molecule has 214 valence electrons. The number of benzene rings is 2. The molecule has 0 bridgehead atoms. The van der Waals surface area contributed by atoms with Crippen molar-refractivity contribution >= 4 is 22.8 Å². The molecule has 0 saturated carbocycles. The van der Waals surface area contributed by atoms with Crippen LogP contribution < -0.4 is 20.3 Å². The molecular weight excluding hydrogens is 545 g/mol. The first-order valence-corrected chi connectivity index (χ1v) is 11.7. The maximum absolute atomic E-state index is 13.0. The van der Waals surface area contributed by atoms with Crippen molar-refractivity contribution in [2.24, 2.45) is 0 Å². The highest BCUT2D eigenvalue weighted by molar-refractivity contribution is 5.83. The first-order valence-electron chi connectivity index (χ1n) is 11.7. The van der Waals surface area contributed by atoms with Gasteiger partial charge in [-0.25, -0.2) is 9.48 Å². The summed E-state index contributed by atoms with van der Waals surface area (Å²) in [7, 11) is 0. The molecule has 2 heterocycles. The number of carboxylic acids is 1. The Kier molecular flexibility index (Phi) is 8.22. The Balaban J connectivity index is 1.45. The molecule has 40 heavy (non-hydrogen) atoms. The van der Waals surface area contributed by atoms with Crippen LogP contribution in [0.1, 0.15) is 24.9 Å². The van der Waals surface area contributed by atoms with Gasteiger partial charge in [-0.05, 0) is 36.8 Å². The quantitative estimate of drug-likeness (QED) is 0.303. The van der Waals surface area contributed by atoms with Crippen LogP contribution in [0.15, 0.2) is 47.3 Å². The van der Waals surface area contributed by atoms with Gasteiger partial charge in [0.15, 0.2) is 11.9 Å². The van der Waals surface area contributed by atoms with Crippen molar-refractivity contribution < 1.29 is 52.3 Å². The maximum Gasteiger partial charge on any atom is 0.573 e. The van der Waals surface area contributed by atoms with Crippen LogP contribution in [0.25, 0.3) is 10.9 Å². The molecular formula is C24H23F3N4O9. The van der Waals surface area contributed by atoms with Gasteiger partial charge in [-0.15, -0.1) is 18.3 Å². The number of nitrogens with zero attached hydrogens (tertiary/aromatic N) is 3. The molecule has 0 unspecified atom stereocenters. The number of hydrogen-bond donors (Lipinski definition) is 4. The van der Waals surface area contributed by atoms with Crippen LogP contribution in [0.3, 0.4) is 0 Å². The summed E-state index contributed by atoms with van der Waals surface area (Å²) in [6, 6.07) is 8.55. The van der Waals surface area contributed by atoms with E-state index in [4.69, 9.17) is 9.47 Å². The predicted molar refractivity (Wildman–Crippen MR) is 127 cm³/mol. The molecule has 3 aromatic rings. The highest BCUT2D eigenvalue weighted by Gasteiger charge is 2.42. The number of ether oxygens (including phenoxy) is 3. The molecule has 1 fully saturated rings. The average Bonchev–Trinajstić information content (AvgIpc) is 2.87. The molecule has 4 N–H and O–H groups in total. The van der Waals surface area contributed by atoms with Gasteiger partial charge in [0.25, 0.3) is 5.56 Å². The van der Waals surface area contributed by atoms with Crippen LogP contribution in [0.5, 0.6) is 11.5 Å². The first kappa shape index (κ1) is 28.7. The molecule has 1 saturated heterocycles. The van der Waals surface area contributed by atoms with Gasteiger partial charge in [0, 0.05) is 6.42 Å². The van der Waals surface area contributed by atoms with E-state index < -0.39 is 66.7 Å². The van der Waals surface area contributed by atoms with Crippen LogP contribution in [0, 0.1) is 0 Å². The van der Waals surface area contributed by atoms with Crippen molar-refractivity contribution in [1.82, 2.24) is 20.3 Å².